The van der Waals surface area contributed by atoms with E-state index in [-0.39, 0.29) is 203 Å². The van der Waals surface area contributed by atoms with Crippen LogP contribution < -0.4 is 40.2 Å². The molecule has 836 valence electrons. The first-order valence-corrected chi connectivity index (χ1v) is 46.7. The molecular formula is C94H132N8O48. The van der Waals surface area contributed by atoms with Crippen molar-refractivity contribution in [2.75, 3.05) is 171 Å². The fourth-order valence-corrected chi connectivity index (χ4v) is 13.4. The number of carboxylic acids is 2. The fraction of sp³-hybridized carbons (Fsp3) is 0.596. The maximum absolute atomic E-state index is 13.5. The molecule has 8 rings (SSSR count). The zero-order valence-electron chi connectivity index (χ0n) is 83.5. The van der Waals surface area contributed by atoms with Crippen molar-refractivity contribution in [3.8, 4) is 23.0 Å². The molecule has 0 saturated carbocycles. The van der Waals surface area contributed by atoms with Crippen molar-refractivity contribution in [3.05, 3.63) is 117 Å². The number of aliphatic hydroxyl groups is 12. The number of aliphatic hydroxyl groups excluding tert-OH is 12. The topological polar surface area (TPSA) is 786 Å². The molecule has 4 aliphatic heterocycles. The molecule has 4 amide bonds. The summed E-state index contributed by atoms with van der Waals surface area (Å²) >= 11 is 0. The van der Waals surface area contributed by atoms with E-state index in [9.17, 15) is 119 Å². The van der Waals surface area contributed by atoms with Crippen molar-refractivity contribution >= 4 is 83.2 Å². The third-order valence-corrected chi connectivity index (χ3v) is 21.0. The molecular weight excluding hydrogens is 2010 g/mol. The molecule has 4 aromatic rings. The molecule has 4 aliphatic rings. The number of esters is 4. The van der Waals surface area contributed by atoms with Crippen LogP contribution in [0, 0.1) is 0 Å². The molecule has 0 bridgehead atoms. The van der Waals surface area contributed by atoms with Gasteiger partial charge in [-0.3, -0.25) is 48.2 Å². The van der Waals surface area contributed by atoms with Crippen molar-refractivity contribution in [2.45, 2.75) is 192 Å². The number of benzene rings is 4. The van der Waals surface area contributed by atoms with Crippen molar-refractivity contribution < 1.29 is 234 Å². The summed E-state index contributed by atoms with van der Waals surface area (Å²) in [4.78, 5) is 170. The van der Waals surface area contributed by atoms with E-state index in [2.05, 4.69) is 31.6 Å². The highest BCUT2D eigenvalue weighted by molar-refractivity contribution is 5.99. The average Bonchev–Trinajstić information content (AvgIpc) is 0.787. The quantitative estimate of drug-likeness (QED) is 0.00645. The standard InChI is InChI=1S/2C46H66N4O22.2CO2/c2*1-26(2)49-69-20-19-65-18-13-50(11-16-63-14-9-47-42(59)31-21-29(23-66-27(3)51)5-7-34(31)70-45-39(57)36(54)33(53)25-68-45)12-17-64-15-10-48-43(60)32-22-30(24-67-28(4)52)6-8-35(32)71-46-40(58)37(55)38(56)41(72-46)44(61)62;2*2-1-3/h2*5-8,21-22,33,36-41,45-46,53-58H,9-20,23-25H2,1-4H3,(H,47,59)(H,48,60)(H,61,62);;/t2*33-,36+,37+,38+,39-,40-,41+,45+,46-;;/m11../s1. The van der Waals surface area contributed by atoms with E-state index in [0.29, 0.717) is 74.7 Å². The Labute approximate surface area is 858 Å². The number of hydrogen-bond acceptors (Lipinski definition) is 50. The summed E-state index contributed by atoms with van der Waals surface area (Å²) in [5.41, 5.74) is 3.01. The molecule has 150 heavy (non-hydrogen) atoms. The largest absolute Gasteiger partial charge is 0.479 e. The van der Waals surface area contributed by atoms with Gasteiger partial charge in [-0.2, -0.15) is 19.2 Å². The molecule has 56 heteroatoms. The van der Waals surface area contributed by atoms with Gasteiger partial charge in [0.15, 0.2) is 12.2 Å². The van der Waals surface area contributed by atoms with Crippen LogP contribution in [0.3, 0.4) is 0 Å². The van der Waals surface area contributed by atoms with E-state index < -0.39 is 170 Å². The van der Waals surface area contributed by atoms with E-state index in [1.807, 2.05) is 9.80 Å². The highest BCUT2D eigenvalue weighted by Gasteiger charge is 2.51. The first-order chi connectivity index (χ1) is 71.5. The second kappa shape index (κ2) is 69.8. The van der Waals surface area contributed by atoms with Gasteiger partial charge in [-0.05, 0) is 98.5 Å². The van der Waals surface area contributed by atoms with Gasteiger partial charge < -0.3 is 188 Å². The Bertz CT molecular complexity index is 4680. The van der Waals surface area contributed by atoms with Crippen molar-refractivity contribution in [2.24, 2.45) is 10.3 Å². The Kier molecular flexibility index (Phi) is 59.6. The van der Waals surface area contributed by atoms with Crippen molar-refractivity contribution in [1.29, 1.82) is 0 Å². The number of nitrogens with one attached hydrogen (secondary N) is 4. The number of carbonyl (C=O) groups excluding carboxylic acids is 12. The zero-order chi connectivity index (χ0) is 111. The van der Waals surface area contributed by atoms with Crippen molar-refractivity contribution in [3.63, 3.8) is 0 Å². The van der Waals surface area contributed by atoms with Crippen LogP contribution in [0.25, 0.3) is 0 Å². The lowest BCUT2D eigenvalue weighted by Crippen LogP contribution is -2.61. The van der Waals surface area contributed by atoms with E-state index >= 15 is 0 Å². The van der Waals surface area contributed by atoms with Crippen LogP contribution in [0.2, 0.25) is 0 Å². The SMILES string of the molecule is CC(=O)OCc1ccc(O[C@@H]2O[C@H](C(=O)O)[C@@H](O)[C@H](O)[C@H]2O)c(C(=O)NCCOCCN(CCOCCNC(=O)c2cc(COC(C)=O)ccc2O[C@@H]2OC[C@@H](O)[C@H](O)[C@H]2O)CCOCCON=C(C)C)c1.CC(=O)OCc1ccc(O[C@@H]2O[C@H](C(=O)O)[C@@H](O)[C@H](O)[C@H]2O)c(C(=O)NCCOCCN(CCOCCNC(=O)c2cc(COC(C)=O)ccc2O[C@@H]2OC[C@@H](O)[C@H](O)[C@H]2O)CCOCCON=C(C)C)c1.O=C=O.O=C=O. The number of nitrogens with zero attached hydrogens (tertiary/aromatic N) is 4. The van der Waals surface area contributed by atoms with Gasteiger partial charge in [0.05, 0.1) is 126 Å². The number of carboxylic acid groups (broad SMARTS) is 2. The second-order valence-electron chi connectivity index (χ2n) is 33.2. The summed E-state index contributed by atoms with van der Waals surface area (Å²) in [6, 6.07) is 17.1. The fourth-order valence-electron chi connectivity index (χ4n) is 13.4. The summed E-state index contributed by atoms with van der Waals surface area (Å²) in [6.07, 6.45) is -30.4. The van der Waals surface area contributed by atoms with Crippen LogP contribution in [0.1, 0.15) is 119 Å². The monoisotopic (exact) mass is 2140 g/mol. The summed E-state index contributed by atoms with van der Waals surface area (Å²) < 4.78 is 98.9. The number of aliphatic carboxylic acids is 2. The number of oxime groups is 2. The Hall–Kier alpha value is -12.5. The minimum absolute atomic E-state index is 0.00628. The molecule has 18 N–H and O–H groups in total. The normalized spacial score (nSPS) is 22.0. The predicted molar refractivity (Wildman–Crippen MR) is 501 cm³/mol. The Morgan fingerprint density at radius 2 is 0.553 bits per heavy atom. The Morgan fingerprint density at radius 1 is 0.320 bits per heavy atom. The lowest BCUT2D eigenvalue weighted by molar-refractivity contribution is -0.271. The van der Waals surface area contributed by atoms with Gasteiger partial charge in [-0.1, -0.05) is 34.6 Å². The van der Waals surface area contributed by atoms with E-state index in [0.717, 1.165) is 11.4 Å². The van der Waals surface area contributed by atoms with Crippen LogP contribution in [-0.4, -0.2) is 446 Å². The van der Waals surface area contributed by atoms with Gasteiger partial charge in [-0.15, -0.1) is 0 Å². The molecule has 0 spiro atoms. The van der Waals surface area contributed by atoms with Crippen molar-refractivity contribution in [1.82, 2.24) is 31.1 Å². The third kappa shape index (κ3) is 46.6. The first kappa shape index (κ1) is 128. The van der Waals surface area contributed by atoms with E-state index in [1.165, 1.54) is 88.4 Å². The van der Waals surface area contributed by atoms with E-state index in [1.54, 1.807) is 39.8 Å². The molecule has 0 radical (unpaired) electrons. The van der Waals surface area contributed by atoms with E-state index in [4.69, 9.17) is 114 Å². The second-order valence-corrected chi connectivity index (χ2v) is 33.2. The van der Waals surface area contributed by atoms with Crippen LogP contribution in [0.5, 0.6) is 23.0 Å². The lowest BCUT2D eigenvalue weighted by atomic mass is 9.99. The van der Waals surface area contributed by atoms with Crippen LogP contribution in [0.15, 0.2) is 83.1 Å². The number of rotatable bonds is 60. The summed E-state index contributed by atoms with van der Waals surface area (Å²) in [7, 11) is 0. The van der Waals surface area contributed by atoms with Gasteiger partial charge in [0.1, 0.15) is 136 Å². The smallest absolute Gasteiger partial charge is 0.373 e. The molecule has 4 aromatic carbocycles. The maximum Gasteiger partial charge on any atom is 0.373 e. The first-order valence-electron chi connectivity index (χ1n) is 46.7. The highest BCUT2D eigenvalue weighted by Crippen LogP contribution is 2.33. The lowest BCUT2D eigenvalue weighted by Gasteiger charge is -2.38. The van der Waals surface area contributed by atoms with Crippen LogP contribution >= 0.6 is 0 Å². The molecule has 56 nitrogen and oxygen atoms in total. The van der Waals surface area contributed by atoms with Crippen LogP contribution in [0.4, 0.5) is 0 Å². The average molecular weight is 2140 g/mol. The minimum Gasteiger partial charge on any atom is -0.479 e. The molecule has 4 heterocycles. The summed E-state index contributed by atoms with van der Waals surface area (Å²) in [5.74, 6) is -8.39. The number of hydrogen-bond donors (Lipinski definition) is 18. The number of ether oxygens (including phenoxy) is 18. The molecule has 18 atom stereocenters. The number of amides is 4. The summed E-state index contributed by atoms with van der Waals surface area (Å²) in [6.45, 7) is 16.5. The highest BCUT2D eigenvalue weighted by atomic mass is 16.7. The van der Waals surface area contributed by atoms with Gasteiger partial charge in [-0.25, -0.2) is 9.59 Å². The molecule has 4 fully saturated rings. The molecule has 0 aliphatic carbocycles. The minimum atomic E-state index is -1.96. The molecule has 4 saturated heterocycles. The van der Waals surface area contributed by atoms with Crippen LogP contribution in [-0.2, 0) is 150 Å². The molecule has 0 unspecified atom stereocenters. The van der Waals surface area contributed by atoms with Gasteiger partial charge >= 0.3 is 48.1 Å². The Balaban J connectivity index is 0.000000501. The zero-order valence-corrected chi connectivity index (χ0v) is 83.5. The number of carbonyl (C=O) groups is 10. The third-order valence-electron chi connectivity index (χ3n) is 21.0. The van der Waals surface area contributed by atoms with Gasteiger partial charge in [0, 0.05) is 93.1 Å². The van der Waals surface area contributed by atoms with Gasteiger partial charge in [0.2, 0.25) is 25.2 Å². The predicted octanol–water partition coefficient (Wildman–Crippen LogP) is -5.52. The molecule has 0 aromatic heterocycles. The summed E-state index contributed by atoms with van der Waals surface area (Å²) in [5, 5.41) is 160. The maximum atomic E-state index is 13.5. The Morgan fingerprint density at radius 3 is 0.787 bits per heavy atom. The van der Waals surface area contributed by atoms with Gasteiger partial charge in [0.25, 0.3) is 23.6 Å².